The van der Waals surface area contributed by atoms with Gasteiger partial charge in [-0.05, 0) is 61.3 Å². The predicted octanol–water partition coefficient (Wildman–Crippen LogP) is 2.79. The minimum atomic E-state index is -0.855. The molecule has 1 aromatic carbocycles. The van der Waals surface area contributed by atoms with Gasteiger partial charge in [0.1, 0.15) is 5.75 Å². The Hall–Kier alpha value is -2.30. The molecular weight excluding hydrogens is 306 g/mol. The summed E-state index contributed by atoms with van der Waals surface area (Å²) in [6, 6.07) is 7.18. The smallest absolute Gasteiger partial charge is 0.307 e. The second kappa shape index (κ2) is 5.65. The van der Waals surface area contributed by atoms with Gasteiger partial charge in [0.25, 0.3) is 0 Å². The third kappa shape index (κ3) is 2.39. The van der Waals surface area contributed by atoms with Gasteiger partial charge in [0.2, 0.25) is 5.91 Å². The summed E-state index contributed by atoms with van der Waals surface area (Å²) < 4.78 is 5.39. The normalized spacial score (nSPS) is 35.2. The fourth-order valence-corrected chi connectivity index (χ4v) is 4.60. The number of allylic oxidation sites excluding steroid dienone is 2. The van der Waals surface area contributed by atoms with Gasteiger partial charge in [-0.3, -0.25) is 9.59 Å². The van der Waals surface area contributed by atoms with E-state index in [2.05, 4.69) is 11.4 Å². The lowest BCUT2D eigenvalue weighted by Crippen LogP contribution is -2.48. The molecule has 2 N–H and O–H groups in total. The monoisotopic (exact) mass is 327 g/mol. The maximum atomic E-state index is 12.8. The fourth-order valence-electron chi connectivity index (χ4n) is 4.60. The van der Waals surface area contributed by atoms with Crippen LogP contribution in [-0.2, 0) is 9.59 Å². The van der Waals surface area contributed by atoms with Crippen molar-refractivity contribution >= 4 is 17.6 Å². The number of carbonyl (C=O) groups is 2. The molecule has 0 heterocycles. The molecule has 1 aromatic rings. The van der Waals surface area contributed by atoms with Crippen LogP contribution in [0.15, 0.2) is 36.4 Å². The summed E-state index contributed by atoms with van der Waals surface area (Å²) in [4.78, 5) is 24.6. The molecule has 2 fully saturated rings. The average Bonchev–Trinajstić information content (AvgIpc) is 3.38. The molecule has 0 aliphatic heterocycles. The molecule has 5 nitrogen and oxygen atoms in total. The van der Waals surface area contributed by atoms with E-state index in [4.69, 9.17) is 4.74 Å². The van der Waals surface area contributed by atoms with E-state index in [-0.39, 0.29) is 17.7 Å². The quantitative estimate of drug-likeness (QED) is 0.816. The molecule has 5 rings (SSSR count). The lowest BCUT2D eigenvalue weighted by Gasteiger charge is -2.41. The topological polar surface area (TPSA) is 75.6 Å². The fraction of sp³-hybridized carbons (Fsp3) is 0.474. The number of carbonyl (C=O) groups excluding carboxylic acids is 1. The van der Waals surface area contributed by atoms with Crippen molar-refractivity contribution in [3.8, 4) is 5.75 Å². The molecule has 0 aromatic heterocycles. The van der Waals surface area contributed by atoms with Crippen molar-refractivity contribution in [3.63, 3.8) is 0 Å². The van der Waals surface area contributed by atoms with Gasteiger partial charge >= 0.3 is 5.97 Å². The summed E-state index contributed by atoms with van der Waals surface area (Å²) in [5.41, 5.74) is 0.672. The Bertz CT molecular complexity index is 696. The van der Waals surface area contributed by atoms with E-state index < -0.39 is 17.8 Å². The molecule has 0 radical (unpaired) electrons. The molecule has 0 unspecified atom stereocenters. The molecule has 2 saturated carbocycles. The molecule has 5 heteroatoms. The molecule has 126 valence electrons. The average molecular weight is 327 g/mol. The van der Waals surface area contributed by atoms with Crippen molar-refractivity contribution in [1.29, 1.82) is 0 Å². The van der Waals surface area contributed by atoms with Crippen LogP contribution in [0.25, 0.3) is 0 Å². The molecule has 2 bridgehead atoms. The lowest BCUT2D eigenvalue weighted by atomic mass is 9.62. The lowest BCUT2D eigenvalue weighted by molar-refractivity contribution is -0.152. The first-order valence-corrected chi connectivity index (χ1v) is 8.55. The zero-order valence-electron chi connectivity index (χ0n) is 13.5. The molecule has 6 atom stereocenters. The van der Waals surface area contributed by atoms with E-state index >= 15 is 0 Å². The second-order valence-electron chi connectivity index (χ2n) is 6.94. The summed E-state index contributed by atoms with van der Waals surface area (Å²) in [7, 11) is 0. The maximum absolute atomic E-state index is 12.8. The molecule has 0 spiro atoms. The van der Waals surface area contributed by atoms with Crippen molar-refractivity contribution in [3.05, 3.63) is 36.4 Å². The van der Waals surface area contributed by atoms with Crippen LogP contribution in [0.5, 0.6) is 5.75 Å². The number of carboxylic acids is 1. The van der Waals surface area contributed by atoms with Gasteiger partial charge in [-0.2, -0.15) is 0 Å². The van der Waals surface area contributed by atoms with Gasteiger partial charge < -0.3 is 15.2 Å². The number of rotatable bonds is 5. The predicted molar refractivity (Wildman–Crippen MR) is 88.6 cm³/mol. The summed E-state index contributed by atoms with van der Waals surface area (Å²) >= 11 is 0. The van der Waals surface area contributed by atoms with Crippen LogP contribution in [0, 0.1) is 35.5 Å². The number of hydrogen-bond acceptors (Lipinski definition) is 3. The third-order valence-electron chi connectivity index (χ3n) is 5.67. The van der Waals surface area contributed by atoms with Gasteiger partial charge in [-0.25, -0.2) is 0 Å². The van der Waals surface area contributed by atoms with Crippen LogP contribution in [0.1, 0.15) is 13.3 Å². The van der Waals surface area contributed by atoms with Crippen LogP contribution in [0.3, 0.4) is 0 Å². The van der Waals surface area contributed by atoms with E-state index in [1.165, 1.54) is 0 Å². The number of nitrogens with one attached hydrogen (secondary N) is 1. The second-order valence-corrected chi connectivity index (χ2v) is 6.94. The van der Waals surface area contributed by atoms with Crippen LogP contribution in [-0.4, -0.2) is 23.6 Å². The maximum Gasteiger partial charge on any atom is 0.307 e. The summed E-state index contributed by atoms with van der Waals surface area (Å²) in [5.74, 6) is -0.346. The SMILES string of the molecule is CCOc1ccc(NC(=O)[C@H]2[C@H]3C=C[C@H]([C@H]4C[C@H]34)[C@@H]2C(=O)O)cc1. The van der Waals surface area contributed by atoms with Crippen LogP contribution in [0.4, 0.5) is 5.69 Å². The Kier molecular flexibility index (Phi) is 3.59. The first-order valence-electron chi connectivity index (χ1n) is 8.55. The van der Waals surface area contributed by atoms with E-state index in [1.807, 2.05) is 13.0 Å². The molecule has 4 aliphatic rings. The highest BCUT2D eigenvalue weighted by Gasteiger charge is 2.62. The molecular formula is C19H21NO4. The highest BCUT2D eigenvalue weighted by Crippen LogP contribution is 2.63. The van der Waals surface area contributed by atoms with Crippen molar-refractivity contribution in [2.45, 2.75) is 13.3 Å². The Labute approximate surface area is 140 Å². The first kappa shape index (κ1) is 15.2. The molecule has 0 saturated heterocycles. The summed E-state index contributed by atoms with van der Waals surface area (Å²) in [6.07, 6.45) is 5.15. The van der Waals surface area contributed by atoms with Crippen molar-refractivity contribution in [2.24, 2.45) is 35.5 Å². The number of carboxylic acid groups (broad SMARTS) is 1. The summed E-state index contributed by atoms with van der Waals surface area (Å²) in [5, 5.41) is 12.5. The van der Waals surface area contributed by atoms with Gasteiger partial charge in [0.05, 0.1) is 18.4 Å². The van der Waals surface area contributed by atoms with Crippen LogP contribution in [0.2, 0.25) is 0 Å². The van der Waals surface area contributed by atoms with Gasteiger partial charge in [-0.15, -0.1) is 0 Å². The number of amides is 1. The van der Waals surface area contributed by atoms with Gasteiger partial charge in [0, 0.05) is 5.69 Å². The molecule has 24 heavy (non-hydrogen) atoms. The van der Waals surface area contributed by atoms with E-state index in [0.717, 1.165) is 12.2 Å². The minimum absolute atomic E-state index is 0.00794. The summed E-state index contributed by atoms with van der Waals surface area (Å²) in [6.45, 7) is 2.50. The minimum Gasteiger partial charge on any atom is -0.494 e. The molecule has 4 aliphatic carbocycles. The number of hydrogen-bond donors (Lipinski definition) is 2. The number of benzene rings is 1. The zero-order chi connectivity index (χ0) is 16.8. The number of aliphatic carboxylic acids is 1. The van der Waals surface area contributed by atoms with Gasteiger partial charge in [-0.1, -0.05) is 12.2 Å². The van der Waals surface area contributed by atoms with E-state index in [1.54, 1.807) is 24.3 Å². The number of anilines is 1. The first-order chi connectivity index (χ1) is 11.6. The van der Waals surface area contributed by atoms with Crippen molar-refractivity contribution in [2.75, 3.05) is 11.9 Å². The Morgan fingerprint density at radius 3 is 2.33 bits per heavy atom. The Balaban J connectivity index is 1.53. The standard InChI is InChI=1S/C19H21NO4/c1-2-24-11-5-3-10(4-6-11)20-18(21)16-12-7-8-13(15-9-14(12)15)17(16)19(22)23/h3-8,12-17H,2,9H2,1H3,(H,20,21)(H,22,23)/t12-,13+,14+,15+,16-,17-/m0/s1. The van der Waals surface area contributed by atoms with Crippen LogP contribution >= 0.6 is 0 Å². The number of ether oxygens (including phenoxy) is 1. The van der Waals surface area contributed by atoms with E-state index in [0.29, 0.717) is 24.1 Å². The van der Waals surface area contributed by atoms with Crippen molar-refractivity contribution < 1.29 is 19.4 Å². The Morgan fingerprint density at radius 2 is 1.75 bits per heavy atom. The van der Waals surface area contributed by atoms with Gasteiger partial charge in [0.15, 0.2) is 0 Å². The number of fused-ring (bicyclic) bond motifs is 1. The highest BCUT2D eigenvalue weighted by molar-refractivity contribution is 5.96. The largest absolute Gasteiger partial charge is 0.494 e. The van der Waals surface area contributed by atoms with Crippen LogP contribution < -0.4 is 10.1 Å². The third-order valence-corrected chi connectivity index (χ3v) is 5.67. The highest BCUT2D eigenvalue weighted by atomic mass is 16.5. The Morgan fingerprint density at radius 1 is 1.12 bits per heavy atom. The van der Waals surface area contributed by atoms with E-state index in [9.17, 15) is 14.7 Å². The molecule has 1 amide bonds. The zero-order valence-corrected chi connectivity index (χ0v) is 13.5. The van der Waals surface area contributed by atoms with Crippen molar-refractivity contribution in [1.82, 2.24) is 0 Å².